The highest BCUT2D eigenvalue weighted by Gasteiger charge is 2.22. The number of rotatable bonds is 16. The largest absolute Gasteiger partial charge is 0.506 e. The molecule has 1 aliphatic heterocycles. The first kappa shape index (κ1) is 34.1. The molecule has 5 rings (SSSR count). The number of anilines is 1. The summed E-state index contributed by atoms with van der Waals surface area (Å²) in [7, 11) is 0. The summed E-state index contributed by atoms with van der Waals surface area (Å²) in [4.78, 5) is 31.8. The number of aliphatic hydroxyl groups excluding tert-OH is 1. The Labute approximate surface area is 274 Å². The van der Waals surface area contributed by atoms with Crippen molar-refractivity contribution in [1.82, 2.24) is 30.4 Å². The SMILES string of the molecule is CCc1nc2c(cnn2CC)c(NC2CCOCC2)c1CNC(=O)OCCCCCCNCC(O)c1ccc(O)c2[nH]c(=O)ccc12. The molecule has 4 heterocycles. The number of fused-ring (bicyclic) bond motifs is 2. The zero-order valence-electron chi connectivity index (χ0n) is 27.3. The molecule has 13 heteroatoms. The second kappa shape index (κ2) is 16.6. The number of nitrogens with zero attached hydrogens (tertiary/aromatic N) is 3. The average molecular weight is 650 g/mol. The first-order chi connectivity index (χ1) is 22.9. The van der Waals surface area contributed by atoms with E-state index in [4.69, 9.17) is 14.5 Å². The Morgan fingerprint density at radius 3 is 2.72 bits per heavy atom. The molecule has 0 spiro atoms. The van der Waals surface area contributed by atoms with E-state index in [2.05, 4.69) is 33.0 Å². The van der Waals surface area contributed by atoms with Crippen LogP contribution in [0.25, 0.3) is 21.9 Å². The number of phenolic OH excluding ortho intramolecular Hbond substituents is 1. The van der Waals surface area contributed by atoms with Crippen LogP contribution in [0.15, 0.2) is 35.3 Å². The van der Waals surface area contributed by atoms with Crippen LogP contribution in [0.2, 0.25) is 0 Å². The Kier molecular flexibility index (Phi) is 12.0. The lowest BCUT2D eigenvalue weighted by Gasteiger charge is -2.26. The Morgan fingerprint density at radius 2 is 1.94 bits per heavy atom. The highest BCUT2D eigenvalue weighted by atomic mass is 16.5. The number of amides is 1. The highest BCUT2D eigenvalue weighted by Crippen LogP contribution is 2.31. The topological polar surface area (TPSA) is 176 Å². The van der Waals surface area contributed by atoms with Crippen LogP contribution in [0.4, 0.5) is 10.5 Å². The Hall–Kier alpha value is -4.20. The molecule has 47 heavy (non-hydrogen) atoms. The lowest BCUT2D eigenvalue weighted by Crippen LogP contribution is -2.30. The molecule has 4 aromatic rings. The number of aromatic nitrogens is 4. The summed E-state index contributed by atoms with van der Waals surface area (Å²) < 4.78 is 12.9. The number of ether oxygens (including phenoxy) is 2. The van der Waals surface area contributed by atoms with Gasteiger partial charge in [-0.05, 0) is 63.3 Å². The number of hydrogen-bond donors (Lipinski definition) is 6. The fourth-order valence-corrected chi connectivity index (χ4v) is 6.08. The quantitative estimate of drug-likeness (QED) is 0.0962. The first-order valence-electron chi connectivity index (χ1n) is 16.7. The maximum absolute atomic E-state index is 12.6. The molecule has 254 valence electrons. The zero-order chi connectivity index (χ0) is 33.2. The number of H-pyrrole nitrogens is 1. The van der Waals surface area contributed by atoms with Gasteiger partial charge in [-0.25, -0.2) is 14.5 Å². The normalized spacial score (nSPS) is 14.4. The number of pyridine rings is 2. The van der Waals surface area contributed by atoms with Crippen molar-refractivity contribution in [1.29, 1.82) is 0 Å². The van der Waals surface area contributed by atoms with Gasteiger partial charge >= 0.3 is 6.09 Å². The number of benzene rings is 1. The summed E-state index contributed by atoms with van der Waals surface area (Å²) in [6.45, 7) is 8.01. The monoisotopic (exact) mass is 649 g/mol. The molecule has 3 aromatic heterocycles. The second-order valence-electron chi connectivity index (χ2n) is 11.9. The van der Waals surface area contributed by atoms with Crippen molar-refractivity contribution in [2.45, 2.75) is 84.0 Å². The van der Waals surface area contributed by atoms with Crippen LogP contribution in [0.5, 0.6) is 5.75 Å². The Bertz CT molecular complexity index is 1700. The van der Waals surface area contributed by atoms with Crippen molar-refractivity contribution in [2.24, 2.45) is 0 Å². The summed E-state index contributed by atoms with van der Waals surface area (Å²) in [6, 6.07) is 6.41. The van der Waals surface area contributed by atoms with E-state index in [1.165, 1.54) is 12.1 Å². The predicted molar refractivity (Wildman–Crippen MR) is 181 cm³/mol. The van der Waals surface area contributed by atoms with Crippen LogP contribution in [0.3, 0.4) is 0 Å². The summed E-state index contributed by atoms with van der Waals surface area (Å²) in [5, 5.41) is 36.8. The molecule has 1 unspecified atom stereocenters. The highest BCUT2D eigenvalue weighted by molar-refractivity contribution is 5.92. The molecule has 0 saturated carbocycles. The number of nitrogens with one attached hydrogen (secondary N) is 4. The minimum atomic E-state index is -0.787. The number of carbonyl (C=O) groups is 1. The van der Waals surface area contributed by atoms with Crippen LogP contribution in [-0.2, 0) is 29.0 Å². The van der Waals surface area contributed by atoms with E-state index >= 15 is 0 Å². The third-order valence-corrected chi connectivity index (χ3v) is 8.67. The fourth-order valence-electron chi connectivity index (χ4n) is 6.08. The number of aromatic hydroxyl groups is 1. The van der Waals surface area contributed by atoms with Crippen LogP contribution in [0, 0.1) is 0 Å². The van der Waals surface area contributed by atoms with Gasteiger partial charge in [0.15, 0.2) is 5.65 Å². The first-order valence-corrected chi connectivity index (χ1v) is 16.7. The van der Waals surface area contributed by atoms with E-state index in [-0.39, 0.29) is 17.4 Å². The van der Waals surface area contributed by atoms with Crippen molar-refractivity contribution < 1.29 is 24.5 Å². The third kappa shape index (κ3) is 8.59. The maximum Gasteiger partial charge on any atom is 0.407 e. The van der Waals surface area contributed by atoms with E-state index in [0.29, 0.717) is 36.2 Å². The number of aromatic amines is 1. The molecule has 1 saturated heterocycles. The van der Waals surface area contributed by atoms with Gasteiger partial charge in [0.2, 0.25) is 5.56 Å². The smallest absolute Gasteiger partial charge is 0.407 e. The molecule has 1 aliphatic rings. The van der Waals surface area contributed by atoms with Crippen molar-refractivity contribution in [3.05, 3.63) is 57.6 Å². The van der Waals surface area contributed by atoms with Gasteiger partial charge < -0.3 is 40.6 Å². The van der Waals surface area contributed by atoms with E-state index in [0.717, 1.165) is 99.2 Å². The van der Waals surface area contributed by atoms with E-state index < -0.39 is 12.2 Å². The van der Waals surface area contributed by atoms with E-state index in [1.807, 2.05) is 17.8 Å². The van der Waals surface area contributed by atoms with Gasteiger partial charge in [-0.1, -0.05) is 25.8 Å². The molecule has 1 fully saturated rings. The van der Waals surface area contributed by atoms with Gasteiger partial charge in [0.25, 0.3) is 0 Å². The molecule has 0 aliphatic carbocycles. The average Bonchev–Trinajstić information content (AvgIpc) is 3.50. The molecule has 13 nitrogen and oxygen atoms in total. The van der Waals surface area contributed by atoms with Crippen LogP contribution >= 0.6 is 0 Å². The third-order valence-electron chi connectivity index (χ3n) is 8.67. The molecule has 1 amide bonds. The number of hydrogen-bond acceptors (Lipinski definition) is 10. The van der Waals surface area contributed by atoms with Gasteiger partial charge in [0.05, 0.1) is 35.5 Å². The van der Waals surface area contributed by atoms with Crippen molar-refractivity contribution >= 4 is 33.7 Å². The molecular weight excluding hydrogens is 602 g/mol. The van der Waals surface area contributed by atoms with Crippen molar-refractivity contribution in [3.8, 4) is 5.75 Å². The molecular formula is C34H47N7O6. The van der Waals surface area contributed by atoms with Gasteiger partial charge in [-0.2, -0.15) is 5.10 Å². The summed E-state index contributed by atoms with van der Waals surface area (Å²) in [5.41, 5.74) is 4.37. The zero-order valence-corrected chi connectivity index (χ0v) is 27.3. The lowest BCUT2D eigenvalue weighted by atomic mass is 10.0. The predicted octanol–water partition coefficient (Wildman–Crippen LogP) is 4.26. The number of phenols is 1. The summed E-state index contributed by atoms with van der Waals surface area (Å²) >= 11 is 0. The van der Waals surface area contributed by atoms with Gasteiger partial charge in [0.1, 0.15) is 5.75 Å². The van der Waals surface area contributed by atoms with Gasteiger partial charge in [0, 0.05) is 61.6 Å². The molecule has 1 aromatic carbocycles. The minimum Gasteiger partial charge on any atom is -0.506 e. The number of carbonyl (C=O) groups excluding carboxylic acids is 1. The van der Waals surface area contributed by atoms with Gasteiger partial charge in [-0.15, -0.1) is 0 Å². The van der Waals surface area contributed by atoms with Gasteiger partial charge in [-0.3, -0.25) is 4.79 Å². The van der Waals surface area contributed by atoms with Crippen molar-refractivity contribution in [3.63, 3.8) is 0 Å². The van der Waals surface area contributed by atoms with E-state index in [9.17, 15) is 19.8 Å². The van der Waals surface area contributed by atoms with Crippen LogP contribution < -0.4 is 21.5 Å². The summed E-state index contributed by atoms with van der Waals surface area (Å²) in [6.07, 6.45) is 6.72. The van der Waals surface area contributed by atoms with Crippen LogP contribution in [0.1, 0.15) is 75.3 Å². The Morgan fingerprint density at radius 1 is 1.13 bits per heavy atom. The summed E-state index contributed by atoms with van der Waals surface area (Å²) in [5.74, 6) is -0.0309. The fraction of sp³-hybridized carbons (Fsp3) is 0.529. The van der Waals surface area contributed by atoms with Crippen molar-refractivity contribution in [2.75, 3.05) is 38.2 Å². The van der Waals surface area contributed by atoms with E-state index in [1.54, 1.807) is 12.1 Å². The lowest BCUT2D eigenvalue weighted by molar-refractivity contribution is 0.0904. The molecule has 6 N–H and O–H groups in total. The number of alkyl carbamates (subject to hydrolysis) is 1. The second-order valence-corrected chi connectivity index (χ2v) is 11.9. The molecule has 0 bridgehead atoms. The van der Waals surface area contributed by atoms with Crippen LogP contribution in [-0.4, -0.2) is 75.0 Å². The standard InChI is InChI=1S/C34H47N7O6/c1-3-27-25(31(38-22-13-17-46-18-14-22)26-20-37-41(4-2)33(26)39-27)19-36-34(45)47-16-8-6-5-7-15-35-21-29(43)23-9-11-28(42)32-24(23)10-12-30(44)40-32/h9-12,20,22,29,35,42-43H,3-8,13-19,21H2,1-2H3,(H,36,45)(H,38,39)(H,40,44). The number of unbranched alkanes of at least 4 members (excludes halogenated alkanes) is 3. The Balaban J connectivity index is 1.03. The minimum absolute atomic E-state index is 0.0309. The number of aliphatic hydroxyl groups is 1. The maximum atomic E-state index is 12.6. The number of aryl methyl sites for hydroxylation is 2. The molecule has 1 atom stereocenters. The molecule has 0 radical (unpaired) electrons.